The number of carbonyl (C=O) groups excluding carboxylic acids is 1. The number of hydrogen-bond acceptors (Lipinski definition) is 3. The third-order valence-electron chi connectivity index (χ3n) is 4.16. The van der Waals surface area contributed by atoms with Gasteiger partial charge in [0.1, 0.15) is 0 Å². The topological polar surface area (TPSA) is 70.5 Å². The number of likely N-dealkylation sites (tertiary alicyclic amines) is 1. The van der Waals surface area contributed by atoms with Gasteiger partial charge >= 0.3 is 5.97 Å². The van der Waals surface area contributed by atoms with Crippen LogP contribution in [0.25, 0.3) is 0 Å². The maximum atomic E-state index is 12.2. The van der Waals surface area contributed by atoms with Gasteiger partial charge in [-0.05, 0) is 31.4 Å². The Hall–Kier alpha value is -1.91. The molecule has 1 aromatic heterocycles. The first-order valence-electron chi connectivity index (χ1n) is 6.98. The van der Waals surface area contributed by atoms with Crippen LogP contribution in [0.5, 0.6) is 0 Å². The molecule has 0 saturated carbocycles. The minimum atomic E-state index is -0.792. The Kier molecular flexibility index (Phi) is 4.37. The van der Waals surface area contributed by atoms with E-state index < -0.39 is 11.4 Å². The molecule has 0 aromatic carbocycles. The summed E-state index contributed by atoms with van der Waals surface area (Å²) in [6.07, 6.45) is 3.81. The molecule has 108 valence electrons. The number of carbonyl (C=O) groups is 2. The van der Waals surface area contributed by atoms with Crippen LogP contribution in [0.15, 0.2) is 24.4 Å². The summed E-state index contributed by atoms with van der Waals surface area (Å²) < 4.78 is 0. The molecule has 1 fully saturated rings. The normalized spacial score (nSPS) is 21.9. The molecule has 1 atom stereocenters. The van der Waals surface area contributed by atoms with Crippen LogP contribution in [0.4, 0.5) is 0 Å². The highest BCUT2D eigenvalue weighted by Crippen LogP contribution is 2.34. The predicted octanol–water partition coefficient (Wildman–Crippen LogP) is 1.73. The van der Waals surface area contributed by atoms with Crippen molar-refractivity contribution >= 4 is 11.9 Å². The summed E-state index contributed by atoms with van der Waals surface area (Å²) >= 11 is 0. The lowest BCUT2D eigenvalue weighted by Crippen LogP contribution is -2.36. The van der Waals surface area contributed by atoms with Gasteiger partial charge in [0.25, 0.3) is 0 Å². The quantitative estimate of drug-likeness (QED) is 0.889. The second kappa shape index (κ2) is 6.03. The van der Waals surface area contributed by atoms with Gasteiger partial charge in [-0.2, -0.15) is 0 Å². The van der Waals surface area contributed by atoms with Crippen molar-refractivity contribution in [1.29, 1.82) is 0 Å². The first-order valence-corrected chi connectivity index (χ1v) is 6.98. The highest BCUT2D eigenvalue weighted by molar-refractivity contribution is 5.80. The van der Waals surface area contributed by atoms with Gasteiger partial charge in [0.15, 0.2) is 0 Å². The molecule has 2 heterocycles. The number of carboxylic acid groups (broad SMARTS) is 1. The number of pyridine rings is 1. The average Bonchev–Trinajstić information content (AvgIpc) is 2.92. The van der Waals surface area contributed by atoms with E-state index in [-0.39, 0.29) is 5.91 Å². The second-order valence-electron chi connectivity index (χ2n) is 5.33. The zero-order valence-electron chi connectivity index (χ0n) is 11.7. The fourth-order valence-electron chi connectivity index (χ4n) is 2.64. The zero-order chi connectivity index (χ0) is 14.6. The Morgan fingerprint density at radius 1 is 1.45 bits per heavy atom. The number of carboxylic acids is 1. The van der Waals surface area contributed by atoms with Crippen LogP contribution in [-0.4, -0.2) is 40.0 Å². The molecule has 0 bridgehead atoms. The van der Waals surface area contributed by atoms with Crippen molar-refractivity contribution in [3.05, 3.63) is 30.1 Å². The minimum absolute atomic E-state index is 0.0206. The highest BCUT2D eigenvalue weighted by atomic mass is 16.4. The van der Waals surface area contributed by atoms with E-state index in [2.05, 4.69) is 4.98 Å². The lowest BCUT2D eigenvalue weighted by Gasteiger charge is -2.23. The van der Waals surface area contributed by atoms with Gasteiger partial charge in [0, 0.05) is 31.4 Å². The van der Waals surface area contributed by atoms with Gasteiger partial charge in [-0.3, -0.25) is 14.6 Å². The number of aliphatic carboxylic acids is 1. The van der Waals surface area contributed by atoms with Crippen molar-refractivity contribution in [3.63, 3.8) is 0 Å². The molecule has 2 rings (SSSR count). The smallest absolute Gasteiger partial charge is 0.311 e. The fourth-order valence-corrected chi connectivity index (χ4v) is 2.64. The summed E-state index contributed by atoms with van der Waals surface area (Å²) in [7, 11) is 0. The Balaban J connectivity index is 1.90. The molecule has 1 aliphatic rings. The van der Waals surface area contributed by atoms with Crippen LogP contribution in [-0.2, 0) is 16.0 Å². The molecule has 5 nitrogen and oxygen atoms in total. The fraction of sp³-hybridized carbons (Fsp3) is 0.533. The Morgan fingerprint density at radius 3 is 2.80 bits per heavy atom. The molecular weight excluding hydrogens is 256 g/mol. The second-order valence-corrected chi connectivity index (χ2v) is 5.33. The Labute approximate surface area is 118 Å². The van der Waals surface area contributed by atoms with Crippen molar-refractivity contribution in [1.82, 2.24) is 9.88 Å². The van der Waals surface area contributed by atoms with Gasteiger partial charge in [0.05, 0.1) is 5.41 Å². The van der Waals surface area contributed by atoms with Crippen LogP contribution < -0.4 is 0 Å². The third kappa shape index (κ3) is 2.98. The molecule has 1 N–H and O–H groups in total. The van der Waals surface area contributed by atoms with Crippen molar-refractivity contribution in [2.45, 2.75) is 32.6 Å². The zero-order valence-corrected chi connectivity index (χ0v) is 11.7. The maximum absolute atomic E-state index is 12.2. The van der Waals surface area contributed by atoms with Gasteiger partial charge in [-0.1, -0.05) is 13.0 Å². The first-order chi connectivity index (χ1) is 9.57. The van der Waals surface area contributed by atoms with Crippen LogP contribution in [0.2, 0.25) is 0 Å². The molecule has 1 saturated heterocycles. The summed E-state index contributed by atoms with van der Waals surface area (Å²) in [5, 5.41) is 9.32. The number of amides is 1. The summed E-state index contributed by atoms with van der Waals surface area (Å²) in [4.78, 5) is 29.4. The van der Waals surface area contributed by atoms with Crippen LogP contribution >= 0.6 is 0 Å². The number of rotatable bonds is 5. The maximum Gasteiger partial charge on any atom is 0.311 e. The van der Waals surface area contributed by atoms with E-state index in [1.807, 2.05) is 25.1 Å². The highest BCUT2D eigenvalue weighted by Gasteiger charge is 2.44. The molecule has 0 radical (unpaired) electrons. The van der Waals surface area contributed by atoms with E-state index in [0.29, 0.717) is 38.8 Å². The van der Waals surface area contributed by atoms with Gasteiger partial charge < -0.3 is 10.0 Å². The molecule has 1 aliphatic heterocycles. The Bertz CT molecular complexity index is 489. The lowest BCUT2D eigenvalue weighted by molar-refractivity contribution is -0.148. The molecule has 5 heteroatoms. The van der Waals surface area contributed by atoms with Crippen LogP contribution in [0.3, 0.4) is 0 Å². The summed E-state index contributed by atoms with van der Waals surface area (Å²) in [5.74, 6) is -0.771. The molecule has 0 spiro atoms. The van der Waals surface area contributed by atoms with Crippen molar-refractivity contribution in [2.75, 3.05) is 13.1 Å². The Morgan fingerprint density at radius 2 is 2.25 bits per heavy atom. The van der Waals surface area contributed by atoms with Gasteiger partial charge in [-0.15, -0.1) is 0 Å². The van der Waals surface area contributed by atoms with E-state index >= 15 is 0 Å². The standard InChI is InChI=1S/C15H20N2O3/c1-2-15(14(19)20)8-10-17(11-15)13(18)7-6-12-5-3-4-9-16-12/h3-5,9H,2,6-8,10-11H2,1H3,(H,19,20). The number of aromatic nitrogens is 1. The molecule has 20 heavy (non-hydrogen) atoms. The van der Waals surface area contributed by atoms with E-state index in [1.54, 1.807) is 11.1 Å². The molecule has 1 amide bonds. The first kappa shape index (κ1) is 14.5. The average molecular weight is 276 g/mol. The molecular formula is C15H20N2O3. The number of hydrogen-bond donors (Lipinski definition) is 1. The number of nitrogens with zero attached hydrogens (tertiary/aromatic N) is 2. The summed E-state index contributed by atoms with van der Waals surface area (Å²) in [6.45, 7) is 2.75. The van der Waals surface area contributed by atoms with E-state index in [1.165, 1.54) is 0 Å². The predicted molar refractivity (Wildman–Crippen MR) is 74.1 cm³/mol. The van der Waals surface area contributed by atoms with E-state index in [9.17, 15) is 14.7 Å². The van der Waals surface area contributed by atoms with E-state index in [0.717, 1.165) is 5.69 Å². The molecule has 0 aliphatic carbocycles. The van der Waals surface area contributed by atoms with Crippen LogP contribution in [0.1, 0.15) is 31.9 Å². The monoisotopic (exact) mass is 276 g/mol. The summed E-state index contributed by atoms with van der Waals surface area (Å²) in [6, 6.07) is 5.63. The van der Waals surface area contributed by atoms with E-state index in [4.69, 9.17) is 0 Å². The largest absolute Gasteiger partial charge is 0.481 e. The third-order valence-corrected chi connectivity index (χ3v) is 4.16. The number of aryl methyl sites for hydroxylation is 1. The van der Waals surface area contributed by atoms with Crippen molar-refractivity contribution in [3.8, 4) is 0 Å². The van der Waals surface area contributed by atoms with Crippen LogP contribution in [0, 0.1) is 5.41 Å². The lowest BCUT2D eigenvalue weighted by atomic mass is 9.84. The molecule has 1 aromatic rings. The molecule has 1 unspecified atom stereocenters. The van der Waals surface area contributed by atoms with Crippen molar-refractivity contribution < 1.29 is 14.7 Å². The SMILES string of the molecule is CCC1(C(=O)O)CCN(C(=O)CCc2ccccn2)C1. The van der Waals surface area contributed by atoms with Crippen molar-refractivity contribution in [2.24, 2.45) is 5.41 Å². The van der Waals surface area contributed by atoms with Gasteiger partial charge in [0.2, 0.25) is 5.91 Å². The van der Waals surface area contributed by atoms with Gasteiger partial charge in [-0.25, -0.2) is 0 Å². The summed E-state index contributed by atoms with van der Waals surface area (Å²) in [5.41, 5.74) is 0.140. The minimum Gasteiger partial charge on any atom is -0.481 e.